The number of aromatic nitrogens is 4. The minimum absolute atomic E-state index is 0.285. The molecule has 1 saturated heterocycles. The van der Waals surface area contributed by atoms with Gasteiger partial charge < -0.3 is 10.0 Å². The predicted octanol–water partition coefficient (Wildman–Crippen LogP) is 2.17. The third kappa shape index (κ3) is 2.03. The number of benzene rings is 1. The molecule has 24 heavy (non-hydrogen) atoms. The highest BCUT2D eigenvalue weighted by Crippen LogP contribution is 2.54. The van der Waals surface area contributed by atoms with E-state index in [1.807, 2.05) is 48.1 Å². The van der Waals surface area contributed by atoms with E-state index in [2.05, 4.69) is 20.0 Å². The van der Waals surface area contributed by atoms with Crippen molar-refractivity contribution in [1.82, 2.24) is 19.7 Å². The fourth-order valence-electron chi connectivity index (χ4n) is 4.49. The molecule has 6 heteroatoms. The van der Waals surface area contributed by atoms with Crippen LogP contribution in [0.15, 0.2) is 42.9 Å². The van der Waals surface area contributed by atoms with Gasteiger partial charge in [0.2, 0.25) is 0 Å². The van der Waals surface area contributed by atoms with Crippen LogP contribution in [0, 0.1) is 5.41 Å². The van der Waals surface area contributed by atoms with Gasteiger partial charge in [-0.3, -0.25) is 0 Å². The van der Waals surface area contributed by atoms with E-state index in [-0.39, 0.29) is 5.41 Å². The number of nitrogens with zero attached hydrogens (tertiary/aromatic N) is 5. The summed E-state index contributed by atoms with van der Waals surface area (Å²) in [5, 5.41) is 15.5. The lowest BCUT2D eigenvalue weighted by atomic mass is 9.56. The van der Waals surface area contributed by atoms with E-state index in [9.17, 15) is 5.11 Å². The molecule has 0 atom stereocenters. The second-order valence-electron chi connectivity index (χ2n) is 7.56. The van der Waals surface area contributed by atoms with Gasteiger partial charge in [-0.05, 0) is 25.8 Å². The van der Waals surface area contributed by atoms with Gasteiger partial charge >= 0.3 is 0 Å². The Morgan fingerprint density at radius 2 is 1.83 bits per heavy atom. The topological polar surface area (TPSA) is 67.1 Å². The van der Waals surface area contributed by atoms with E-state index < -0.39 is 5.60 Å². The summed E-state index contributed by atoms with van der Waals surface area (Å²) in [4.78, 5) is 11.1. The van der Waals surface area contributed by atoms with Crippen molar-refractivity contribution in [3.8, 4) is 5.82 Å². The molecule has 1 saturated carbocycles. The molecule has 1 aliphatic carbocycles. The Morgan fingerprint density at radius 1 is 1.08 bits per heavy atom. The standard InChI is InChI=1S/C18H19N5O/c1-17(24)8-18(9-17)10-22(11-18)15-6-16(20-12-19-15)23-14-5-3-2-4-13(14)7-21-23/h2-7,12,24H,8-11H2,1H3. The molecule has 1 aliphatic heterocycles. The van der Waals surface area contributed by atoms with Crippen LogP contribution in [0.5, 0.6) is 0 Å². The average molecular weight is 321 g/mol. The van der Waals surface area contributed by atoms with E-state index in [4.69, 9.17) is 0 Å². The molecule has 5 rings (SSSR count). The molecule has 0 amide bonds. The zero-order chi connectivity index (χ0) is 16.4. The summed E-state index contributed by atoms with van der Waals surface area (Å²) < 4.78 is 1.85. The first kappa shape index (κ1) is 13.9. The molecule has 1 aromatic carbocycles. The molecule has 0 bridgehead atoms. The zero-order valence-corrected chi connectivity index (χ0v) is 13.6. The predicted molar refractivity (Wildman–Crippen MR) is 91.2 cm³/mol. The smallest absolute Gasteiger partial charge is 0.159 e. The third-order valence-corrected chi connectivity index (χ3v) is 5.22. The minimum Gasteiger partial charge on any atom is -0.390 e. The van der Waals surface area contributed by atoms with Gasteiger partial charge in [0.1, 0.15) is 12.1 Å². The van der Waals surface area contributed by atoms with E-state index in [0.29, 0.717) is 0 Å². The van der Waals surface area contributed by atoms with Crippen molar-refractivity contribution in [3.05, 3.63) is 42.9 Å². The van der Waals surface area contributed by atoms with Gasteiger partial charge in [-0.15, -0.1) is 0 Å². The average Bonchev–Trinajstić information content (AvgIpc) is 2.94. The highest BCUT2D eigenvalue weighted by atomic mass is 16.3. The van der Waals surface area contributed by atoms with E-state index >= 15 is 0 Å². The summed E-state index contributed by atoms with van der Waals surface area (Å²) in [6.45, 7) is 3.84. The molecule has 6 nitrogen and oxygen atoms in total. The lowest BCUT2D eigenvalue weighted by Crippen LogP contribution is -2.67. The molecule has 3 aromatic rings. The Balaban J connectivity index is 1.42. The van der Waals surface area contributed by atoms with Crippen LogP contribution in [0.2, 0.25) is 0 Å². The van der Waals surface area contributed by atoms with Gasteiger partial charge in [-0.2, -0.15) is 5.10 Å². The van der Waals surface area contributed by atoms with Crippen molar-refractivity contribution in [3.63, 3.8) is 0 Å². The molecule has 2 aliphatic rings. The Labute approximate surface area is 139 Å². The number of fused-ring (bicyclic) bond motifs is 1. The molecule has 0 unspecified atom stereocenters. The van der Waals surface area contributed by atoms with Crippen molar-refractivity contribution in [2.24, 2.45) is 5.41 Å². The lowest BCUT2D eigenvalue weighted by molar-refractivity contribution is -0.126. The Bertz CT molecular complexity index is 916. The number of rotatable bonds is 2. The highest BCUT2D eigenvalue weighted by molar-refractivity contribution is 5.79. The highest BCUT2D eigenvalue weighted by Gasteiger charge is 2.57. The van der Waals surface area contributed by atoms with Gasteiger partial charge in [0.15, 0.2) is 5.82 Å². The second-order valence-corrected chi connectivity index (χ2v) is 7.56. The summed E-state index contributed by atoms with van der Waals surface area (Å²) in [5.41, 5.74) is 0.849. The van der Waals surface area contributed by atoms with Gasteiger partial charge in [0.05, 0.1) is 17.3 Å². The summed E-state index contributed by atoms with van der Waals surface area (Å²) >= 11 is 0. The van der Waals surface area contributed by atoms with Crippen molar-refractivity contribution < 1.29 is 5.11 Å². The van der Waals surface area contributed by atoms with Crippen LogP contribution in [0.1, 0.15) is 19.8 Å². The monoisotopic (exact) mass is 321 g/mol. The fraction of sp³-hybridized carbons (Fsp3) is 0.389. The molecule has 3 heterocycles. The molecule has 1 N–H and O–H groups in total. The Morgan fingerprint density at radius 3 is 2.62 bits per heavy atom. The maximum Gasteiger partial charge on any atom is 0.159 e. The summed E-state index contributed by atoms with van der Waals surface area (Å²) in [6.07, 6.45) is 5.23. The molecular formula is C18H19N5O. The number of hydrogen-bond donors (Lipinski definition) is 1. The number of hydrogen-bond acceptors (Lipinski definition) is 5. The minimum atomic E-state index is -0.475. The maximum atomic E-state index is 9.98. The van der Waals surface area contributed by atoms with E-state index in [1.54, 1.807) is 6.33 Å². The van der Waals surface area contributed by atoms with Crippen LogP contribution in [0.4, 0.5) is 5.82 Å². The van der Waals surface area contributed by atoms with Crippen molar-refractivity contribution in [2.45, 2.75) is 25.4 Å². The SMILES string of the molecule is CC1(O)CC2(CN(c3cc(-n4ncc5ccccc54)ncn3)C2)C1. The molecule has 2 fully saturated rings. The van der Waals surface area contributed by atoms with Crippen LogP contribution < -0.4 is 4.90 Å². The molecule has 122 valence electrons. The van der Waals surface area contributed by atoms with Crippen LogP contribution >= 0.6 is 0 Å². The molecular weight excluding hydrogens is 302 g/mol. The molecule has 2 aromatic heterocycles. The Hall–Kier alpha value is -2.47. The van der Waals surface area contributed by atoms with Gasteiger partial charge in [0, 0.05) is 30.0 Å². The van der Waals surface area contributed by atoms with E-state index in [1.165, 1.54) is 0 Å². The van der Waals surface area contributed by atoms with Crippen molar-refractivity contribution in [1.29, 1.82) is 0 Å². The third-order valence-electron chi connectivity index (χ3n) is 5.22. The first-order valence-corrected chi connectivity index (χ1v) is 8.26. The number of anilines is 1. The fourth-order valence-corrected chi connectivity index (χ4v) is 4.49. The summed E-state index contributed by atoms with van der Waals surface area (Å²) in [7, 11) is 0. The van der Waals surface area contributed by atoms with Gasteiger partial charge in [-0.1, -0.05) is 18.2 Å². The van der Waals surface area contributed by atoms with Crippen LogP contribution in [-0.2, 0) is 0 Å². The van der Waals surface area contributed by atoms with Crippen LogP contribution in [0.3, 0.4) is 0 Å². The summed E-state index contributed by atoms with van der Waals surface area (Å²) in [5.74, 6) is 1.71. The second kappa shape index (κ2) is 4.54. The first-order chi connectivity index (χ1) is 11.5. The number of aliphatic hydroxyl groups is 1. The number of para-hydroxylation sites is 1. The van der Waals surface area contributed by atoms with Crippen molar-refractivity contribution >= 4 is 16.7 Å². The quantitative estimate of drug-likeness (QED) is 0.783. The lowest BCUT2D eigenvalue weighted by Gasteiger charge is -2.61. The summed E-state index contributed by atoms with van der Waals surface area (Å²) in [6, 6.07) is 10.1. The maximum absolute atomic E-state index is 9.98. The normalized spacial score (nSPS) is 20.8. The van der Waals surface area contributed by atoms with Crippen molar-refractivity contribution in [2.75, 3.05) is 18.0 Å². The molecule has 1 spiro atoms. The van der Waals surface area contributed by atoms with Gasteiger partial charge in [-0.25, -0.2) is 14.6 Å². The Kier molecular flexibility index (Phi) is 2.63. The van der Waals surface area contributed by atoms with Crippen LogP contribution in [-0.4, -0.2) is 43.5 Å². The largest absolute Gasteiger partial charge is 0.390 e. The first-order valence-electron chi connectivity index (χ1n) is 8.26. The molecule has 0 radical (unpaired) electrons. The van der Waals surface area contributed by atoms with E-state index in [0.717, 1.165) is 48.5 Å². The zero-order valence-electron chi connectivity index (χ0n) is 13.6. The van der Waals surface area contributed by atoms with Crippen LogP contribution in [0.25, 0.3) is 16.7 Å². The van der Waals surface area contributed by atoms with Gasteiger partial charge in [0.25, 0.3) is 0 Å².